The van der Waals surface area contributed by atoms with Gasteiger partial charge in [-0.1, -0.05) is 60.2 Å². The number of halogens is 1. The number of fused-ring (bicyclic) bond motifs is 4. The number of hydrogen-bond donors (Lipinski definition) is 0. The lowest BCUT2D eigenvalue weighted by Gasteiger charge is -2.17. The van der Waals surface area contributed by atoms with Gasteiger partial charge in [-0.2, -0.15) is 0 Å². The standard InChI is InChI=1S/C22H15ClN2/c23-22-21(24-19-11-5-6-12-20(19)25-22)18-13-14-7-1-2-8-15(14)16-9-3-4-10-17(16)18/h1,3-7,9-13H,2,8H2. The minimum Gasteiger partial charge on any atom is -0.243 e. The van der Waals surface area contributed by atoms with Gasteiger partial charge in [0.25, 0.3) is 0 Å². The lowest BCUT2D eigenvalue weighted by Crippen LogP contribution is -1.99. The fraction of sp³-hybridized carbons (Fsp3) is 0.0909. The quantitative estimate of drug-likeness (QED) is 0.420. The molecule has 0 spiro atoms. The van der Waals surface area contributed by atoms with Gasteiger partial charge in [-0.3, -0.25) is 0 Å². The molecule has 2 nitrogen and oxygen atoms in total. The molecule has 4 aromatic rings. The highest BCUT2D eigenvalue weighted by Gasteiger charge is 2.17. The van der Waals surface area contributed by atoms with Gasteiger partial charge in [-0.25, -0.2) is 9.97 Å². The highest BCUT2D eigenvalue weighted by atomic mass is 35.5. The summed E-state index contributed by atoms with van der Waals surface area (Å²) in [6.07, 6.45) is 6.60. The fourth-order valence-corrected chi connectivity index (χ4v) is 3.90. The van der Waals surface area contributed by atoms with Crippen molar-refractivity contribution in [3.05, 3.63) is 77.0 Å². The van der Waals surface area contributed by atoms with Gasteiger partial charge in [-0.15, -0.1) is 0 Å². The first-order valence-corrected chi connectivity index (χ1v) is 8.83. The van der Waals surface area contributed by atoms with Gasteiger partial charge in [0.05, 0.1) is 11.0 Å². The molecule has 3 aromatic carbocycles. The Morgan fingerprint density at radius 3 is 2.40 bits per heavy atom. The van der Waals surface area contributed by atoms with Crippen LogP contribution in [0.1, 0.15) is 17.5 Å². The third-order valence-corrected chi connectivity index (χ3v) is 5.10. The molecular formula is C22H15ClN2. The Morgan fingerprint density at radius 1 is 0.840 bits per heavy atom. The molecule has 1 aromatic heterocycles. The average Bonchev–Trinajstić information content (AvgIpc) is 2.67. The van der Waals surface area contributed by atoms with Crippen molar-refractivity contribution in [1.82, 2.24) is 9.97 Å². The molecule has 0 fully saturated rings. The van der Waals surface area contributed by atoms with Crippen molar-refractivity contribution < 1.29 is 0 Å². The zero-order chi connectivity index (χ0) is 16.8. The fourth-order valence-electron chi connectivity index (χ4n) is 3.67. The number of hydrogen-bond acceptors (Lipinski definition) is 2. The van der Waals surface area contributed by atoms with E-state index in [-0.39, 0.29) is 0 Å². The molecule has 0 bridgehead atoms. The molecule has 0 amide bonds. The van der Waals surface area contributed by atoms with Crippen LogP contribution in [0.4, 0.5) is 0 Å². The number of rotatable bonds is 1. The van der Waals surface area contributed by atoms with Crippen molar-refractivity contribution in [3.8, 4) is 11.3 Å². The molecule has 5 rings (SSSR count). The summed E-state index contributed by atoms with van der Waals surface area (Å²) in [5.41, 5.74) is 6.14. The molecule has 1 aliphatic rings. The van der Waals surface area contributed by atoms with Crippen LogP contribution in [0.3, 0.4) is 0 Å². The monoisotopic (exact) mass is 342 g/mol. The van der Waals surface area contributed by atoms with Crippen molar-refractivity contribution in [3.63, 3.8) is 0 Å². The van der Waals surface area contributed by atoms with Gasteiger partial charge in [-0.05, 0) is 52.9 Å². The van der Waals surface area contributed by atoms with Crippen LogP contribution in [0.2, 0.25) is 5.15 Å². The van der Waals surface area contributed by atoms with E-state index in [1.54, 1.807) is 0 Å². The Hall–Kier alpha value is -2.71. The van der Waals surface area contributed by atoms with Gasteiger partial charge in [0.1, 0.15) is 5.69 Å². The molecular weight excluding hydrogens is 328 g/mol. The zero-order valence-electron chi connectivity index (χ0n) is 13.5. The van der Waals surface area contributed by atoms with Crippen molar-refractivity contribution in [2.45, 2.75) is 12.8 Å². The summed E-state index contributed by atoms with van der Waals surface area (Å²) in [6, 6.07) is 18.5. The normalized spacial score (nSPS) is 13.3. The number of allylic oxidation sites excluding steroid dienone is 1. The van der Waals surface area contributed by atoms with Crippen LogP contribution in [0.5, 0.6) is 0 Å². The molecule has 0 atom stereocenters. The zero-order valence-corrected chi connectivity index (χ0v) is 14.3. The lowest BCUT2D eigenvalue weighted by molar-refractivity contribution is 0.997. The van der Waals surface area contributed by atoms with E-state index in [0.29, 0.717) is 5.15 Å². The topological polar surface area (TPSA) is 25.8 Å². The first-order valence-electron chi connectivity index (χ1n) is 8.45. The number of para-hydroxylation sites is 2. The first-order chi connectivity index (χ1) is 12.3. The van der Waals surface area contributed by atoms with E-state index in [9.17, 15) is 0 Å². The molecule has 25 heavy (non-hydrogen) atoms. The summed E-state index contributed by atoms with van der Waals surface area (Å²) >= 11 is 6.53. The van der Waals surface area contributed by atoms with Crippen molar-refractivity contribution >= 4 is 39.5 Å². The van der Waals surface area contributed by atoms with Gasteiger partial charge < -0.3 is 0 Å². The van der Waals surface area contributed by atoms with Gasteiger partial charge in [0.15, 0.2) is 5.15 Å². The smallest absolute Gasteiger partial charge is 0.156 e. The average molecular weight is 343 g/mol. The SMILES string of the molecule is Clc1nc2ccccc2nc1-c1cc2c(c3ccccc13)CCC=C2. The molecule has 0 saturated carbocycles. The minimum absolute atomic E-state index is 0.448. The summed E-state index contributed by atoms with van der Waals surface area (Å²) in [5, 5.41) is 2.91. The molecule has 120 valence electrons. The van der Waals surface area contributed by atoms with Crippen LogP contribution < -0.4 is 0 Å². The van der Waals surface area contributed by atoms with E-state index < -0.39 is 0 Å². The second-order valence-corrected chi connectivity index (χ2v) is 6.69. The molecule has 1 aliphatic carbocycles. The van der Waals surface area contributed by atoms with E-state index in [1.165, 1.54) is 21.9 Å². The summed E-state index contributed by atoms with van der Waals surface area (Å²) in [4.78, 5) is 9.38. The molecule has 3 heteroatoms. The lowest BCUT2D eigenvalue weighted by atomic mass is 9.88. The van der Waals surface area contributed by atoms with Gasteiger partial charge in [0.2, 0.25) is 0 Å². The van der Waals surface area contributed by atoms with Crippen LogP contribution in [0, 0.1) is 0 Å². The summed E-state index contributed by atoms with van der Waals surface area (Å²) in [6.45, 7) is 0. The summed E-state index contributed by atoms with van der Waals surface area (Å²) < 4.78 is 0. The predicted molar refractivity (Wildman–Crippen MR) is 105 cm³/mol. The number of benzene rings is 3. The molecule has 0 N–H and O–H groups in total. The second kappa shape index (κ2) is 5.68. The highest BCUT2D eigenvalue weighted by molar-refractivity contribution is 6.32. The van der Waals surface area contributed by atoms with Crippen LogP contribution in [-0.4, -0.2) is 9.97 Å². The van der Waals surface area contributed by atoms with Crippen LogP contribution in [0.25, 0.3) is 39.1 Å². The van der Waals surface area contributed by atoms with E-state index in [1.807, 2.05) is 24.3 Å². The third-order valence-electron chi connectivity index (χ3n) is 4.83. The van der Waals surface area contributed by atoms with Gasteiger partial charge in [0, 0.05) is 5.56 Å². The largest absolute Gasteiger partial charge is 0.243 e. The Kier molecular flexibility index (Phi) is 3.32. The van der Waals surface area contributed by atoms with E-state index in [4.69, 9.17) is 16.6 Å². The molecule has 1 heterocycles. The maximum Gasteiger partial charge on any atom is 0.156 e. The highest BCUT2D eigenvalue weighted by Crippen LogP contribution is 2.37. The van der Waals surface area contributed by atoms with E-state index in [2.05, 4.69) is 47.5 Å². The number of aryl methyl sites for hydroxylation is 1. The molecule has 0 radical (unpaired) electrons. The number of aromatic nitrogens is 2. The van der Waals surface area contributed by atoms with E-state index in [0.717, 1.165) is 35.1 Å². The van der Waals surface area contributed by atoms with Crippen molar-refractivity contribution in [1.29, 1.82) is 0 Å². The first kappa shape index (κ1) is 14.6. The Morgan fingerprint density at radius 2 is 1.56 bits per heavy atom. The van der Waals surface area contributed by atoms with Crippen molar-refractivity contribution in [2.24, 2.45) is 0 Å². The van der Waals surface area contributed by atoms with E-state index >= 15 is 0 Å². The maximum atomic E-state index is 6.53. The molecule has 0 aliphatic heterocycles. The van der Waals surface area contributed by atoms with Crippen LogP contribution >= 0.6 is 11.6 Å². The number of nitrogens with zero attached hydrogens (tertiary/aromatic N) is 2. The third kappa shape index (κ3) is 2.33. The predicted octanol–water partition coefficient (Wildman–Crippen LogP) is 6.06. The minimum atomic E-state index is 0.448. The molecule has 0 unspecified atom stereocenters. The van der Waals surface area contributed by atoms with Crippen LogP contribution in [0.15, 0.2) is 60.7 Å². The maximum absolute atomic E-state index is 6.53. The summed E-state index contributed by atoms with van der Waals surface area (Å²) in [5.74, 6) is 0. The molecule has 0 saturated heterocycles. The van der Waals surface area contributed by atoms with Gasteiger partial charge >= 0.3 is 0 Å². The van der Waals surface area contributed by atoms with Crippen LogP contribution in [-0.2, 0) is 6.42 Å². The Labute approximate surface area is 150 Å². The Balaban J connectivity index is 1.87. The second-order valence-electron chi connectivity index (χ2n) is 6.33. The Bertz CT molecular complexity index is 1160. The summed E-state index contributed by atoms with van der Waals surface area (Å²) in [7, 11) is 0. The van der Waals surface area contributed by atoms with Crippen molar-refractivity contribution in [2.75, 3.05) is 0 Å².